The Labute approximate surface area is 104 Å². The third-order valence-electron chi connectivity index (χ3n) is 2.94. The van der Waals surface area contributed by atoms with E-state index in [2.05, 4.69) is 4.98 Å². The van der Waals surface area contributed by atoms with Gasteiger partial charge in [-0.3, -0.25) is 9.78 Å². The minimum absolute atomic E-state index is 0.0529. The normalized spacial score (nSPS) is 23.1. The molecule has 1 aromatic rings. The van der Waals surface area contributed by atoms with E-state index in [0.717, 1.165) is 0 Å². The quantitative estimate of drug-likeness (QED) is 0.766. The van der Waals surface area contributed by atoms with Crippen LogP contribution in [0.3, 0.4) is 0 Å². The molecule has 1 saturated heterocycles. The number of amides is 1. The summed E-state index contributed by atoms with van der Waals surface area (Å²) in [5.41, 5.74) is 0.591. The first-order valence-electron chi connectivity index (χ1n) is 5.68. The predicted molar refractivity (Wildman–Crippen MR) is 61.7 cm³/mol. The van der Waals surface area contributed by atoms with Crippen molar-refractivity contribution in [3.63, 3.8) is 0 Å². The molecule has 6 heteroatoms. The van der Waals surface area contributed by atoms with E-state index in [1.807, 2.05) is 0 Å². The number of aliphatic carboxylic acids is 1. The topological polar surface area (TPSA) is 90.7 Å². The first-order chi connectivity index (χ1) is 8.58. The van der Waals surface area contributed by atoms with Crippen LogP contribution < -0.4 is 0 Å². The van der Waals surface area contributed by atoms with Gasteiger partial charge in [0.1, 0.15) is 6.04 Å². The number of hydrogen-bond acceptors (Lipinski definition) is 4. The zero-order valence-corrected chi connectivity index (χ0v) is 9.69. The molecule has 1 aromatic heterocycles. The number of pyridine rings is 1. The highest BCUT2D eigenvalue weighted by molar-refractivity contribution is 5.85. The SMILES string of the molecule is O=C(O)[C@@H]1C[C@H](O)CN1C(=O)Cc1ccccn1. The lowest BCUT2D eigenvalue weighted by atomic mass is 10.2. The molecule has 2 rings (SSSR count). The molecule has 1 amide bonds. The van der Waals surface area contributed by atoms with Crippen molar-refractivity contribution in [2.45, 2.75) is 25.0 Å². The Morgan fingerprint density at radius 1 is 1.44 bits per heavy atom. The Morgan fingerprint density at radius 3 is 2.83 bits per heavy atom. The van der Waals surface area contributed by atoms with Gasteiger partial charge in [-0.15, -0.1) is 0 Å². The summed E-state index contributed by atoms with van der Waals surface area (Å²) < 4.78 is 0. The number of rotatable bonds is 3. The molecular weight excluding hydrogens is 236 g/mol. The molecule has 2 N–H and O–H groups in total. The lowest BCUT2D eigenvalue weighted by Crippen LogP contribution is -2.41. The van der Waals surface area contributed by atoms with E-state index in [1.54, 1.807) is 24.4 Å². The molecule has 0 aliphatic carbocycles. The van der Waals surface area contributed by atoms with Crippen LogP contribution in [0.1, 0.15) is 12.1 Å². The second-order valence-electron chi connectivity index (χ2n) is 4.29. The largest absolute Gasteiger partial charge is 0.480 e. The van der Waals surface area contributed by atoms with Crippen LogP contribution in [0.2, 0.25) is 0 Å². The van der Waals surface area contributed by atoms with E-state index < -0.39 is 18.1 Å². The van der Waals surface area contributed by atoms with Crippen molar-refractivity contribution in [3.05, 3.63) is 30.1 Å². The molecule has 18 heavy (non-hydrogen) atoms. The molecule has 2 atom stereocenters. The minimum Gasteiger partial charge on any atom is -0.480 e. The van der Waals surface area contributed by atoms with Crippen molar-refractivity contribution >= 4 is 11.9 Å². The van der Waals surface area contributed by atoms with E-state index in [4.69, 9.17) is 5.11 Å². The maximum Gasteiger partial charge on any atom is 0.326 e. The number of aliphatic hydroxyl groups excluding tert-OH is 1. The molecule has 1 aliphatic rings. The van der Waals surface area contributed by atoms with Crippen LogP contribution in [-0.4, -0.2) is 50.7 Å². The van der Waals surface area contributed by atoms with Gasteiger partial charge in [0.2, 0.25) is 5.91 Å². The summed E-state index contributed by atoms with van der Waals surface area (Å²) in [4.78, 5) is 28.2. The molecule has 1 aliphatic heterocycles. The van der Waals surface area contributed by atoms with E-state index in [1.165, 1.54) is 4.90 Å². The monoisotopic (exact) mass is 250 g/mol. The Morgan fingerprint density at radius 2 is 2.22 bits per heavy atom. The van der Waals surface area contributed by atoms with Gasteiger partial charge in [0.05, 0.1) is 12.5 Å². The molecule has 0 spiro atoms. The number of nitrogens with zero attached hydrogens (tertiary/aromatic N) is 2. The number of carboxylic acids is 1. The second-order valence-corrected chi connectivity index (χ2v) is 4.29. The van der Waals surface area contributed by atoms with Crippen LogP contribution in [0.25, 0.3) is 0 Å². The first-order valence-corrected chi connectivity index (χ1v) is 5.68. The summed E-state index contributed by atoms with van der Waals surface area (Å²) in [6.07, 6.45) is 0.954. The first kappa shape index (κ1) is 12.5. The zero-order chi connectivity index (χ0) is 13.1. The van der Waals surface area contributed by atoms with Crippen molar-refractivity contribution in [3.8, 4) is 0 Å². The highest BCUT2D eigenvalue weighted by atomic mass is 16.4. The lowest BCUT2D eigenvalue weighted by Gasteiger charge is -2.20. The lowest BCUT2D eigenvalue weighted by molar-refractivity contribution is -0.148. The van der Waals surface area contributed by atoms with E-state index in [-0.39, 0.29) is 25.3 Å². The number of carboxylic acid groups (broad SMARTS) is 1. The van der Waals surface area contributed by atoms with E-state index in [0.29, 0.717) is 5.69 Å². The van der Waals surface area contributed by atoms with Gasteiger partial charge >= 0.3 is 5.97 Å². The van der Waals surface area contributed by atoms with Crippen LogP contribution in [0, 0.1) is 0 Å². The molecule has 0 saturated carbocycles. The van der Waals surface area contributed by atoms with Gasteiger partial charge in [0.15, 0.2) is 0 Å². The van der Waals surface area contributed by atoms with Gasteiger partial charge in [0.25, 0.3) is 0 Å². The Balaban J connectivity index is 2.06. The highest BCUT2D eigenvalue weighted by Gasteiger charge is 2.38. The number of β-amino-alcohol motifs (C(OH)–C–C–N with tert-alkyl or cyclic N) is 1. The summed E-state index contributed by atoms with van der Waals surface area (Å²) in [5.74, 6) is -1.40. The van der Waals surface area contributed by atoms with Crippen molar-refractivity contribution < 1.29 is 19.8 Å². The standard InChI is InChI=1S/C12H14N2O4/c15-9-6-10(12(17)18)14(7-9)11(16)5-8-3-1-2-4-13-8/h1-4,9-10,15H,5-7H2,(H,17,18)/t9-,10-/m0/s1. The van der Waals surface area contributed by atoms with Crippen LogP contribution >= 0.6 is 0 Å². The number of carbonyl (C=O) groups is 2. The Hall–Kier alpha value is -1.95. The van der Waals surface area contributed by atoms with Gasteiger partial charge in [-0.1, -0.05) is 6.07 Å². The zero-order valence-electron chi connectivity index (χ0n) is 9.69. The molecule has 2 heterocycles. The summed E-state index contributed by atoms with van der Waals surface area (Å²) in [6, 6.07) is 4.29. The van der Waals surface area contributed by atoms with Gasteiger partial charge < -0.3 is 15.1 Å². The van der Waals surface area contributed by atoms with Crippen LogP contribution in [0.5, 0.6) is 0 Å². The molecule has 6 nitrogen and oxygen atoms in total. The third kappa shape index (κ3) is 2.65. The third-order valence-corrected chi connectivity index (χ3v) is 2.94. The number of hydrogen-bond donors (Lipinski definition) is 2. The van der Waals surface area contributed by atoms with Gasteiger partial charge in [0, 0.05) is 24.9 Å². The average molecular weight is 250 g/mol. The summed E-state index contributed by atoms with van der Waals surface area (Å²) in [7, 11) is 0. The van der Waals surface area contributed by atoms with E-state index >= 15 is 0 Å². The van der Waals surface area contributed by atoms with Gasteiger partial charge in [-0.05, 0) is 12.1 Å². The molecule has 0 unspecified atom stereocenters. The minimum atomic E-state index is -1.08. The fourth-order valence-electron chi connectivity index (χ4n) is 2.08. The fourth-order valence-corrected chi connectivity index (χ4v) is 2.08. The fraction of sp³-hybridized carbons (Fsp3) is 0.417. The number of aromatic nitrogens is 1. The van der Waals surface area contributed by atoms with Crippen molar-refractivity contribution in [2.75, 3.05) is 6.54 Å². The van der Waals surface area contributed by atoms with Crippen LogP contribution in [0.15, 0.2) is 24.4 Å². The molecule has 1 fully saturated rings. The smallest absolute Gasteiger partial charge is 0.326 e. The summed E-state index contributed by atoms with van der Waals surface area (Å²) >= 11 is 0. The molecule has 0 radical (unpaired) electrons. The maximum absolute atomic E-state index is 12.0. The molecule has 0 aromatic carbocycles. The van der Waals surface area contributed by atoms with Gasteiger partial charge in [-0.2, -0.15) is 0 Å². The molecule has 96 valence electrons. The maximum atomic E-state index is 12.0. The van der Waals surface area contributed by atoms with E-state index in [9.17, 15) is 14.7 Å². The van der Waals surface area contributed by atoms with Crippen LogP contribution in [0.4, 0.5) is 0 Å². The number of aliphatic hydroxyl groups is 1. The molecule has 0 bridgehead atoms. The Kier molecular flexibility index (Phi) is 3.57. The van der Waals surface area contributed by atoms with Crippen LogP contribution in [-0.2, 0) is 16.0 Å². The number of likely N-dealkylation sites (tertiary alicyclic amines) is 1. The van der Waals surface area contributed by atoms with Gasteiger partial charge in [-0.25, -0.2) is 4.79 Å². The summed E-state index contributed by atoms with van der Waals surface area (Å²) in [6.45, 7) is 0.0721. The predicted octanol–water partition coefficient (Wildman–Crippen LogP) is -0.330. The molecular formula is C12H14N2O4. The van der Waals surface area contributed by atoms with Crippen molar-refractivity contribution in [1.82, 2.24) is 9.88 Å². The van der Waals surface area contributed by atoms with Crippen molar-refractivity contribution in [2.24, 2.45) is 0 Å². The average Bonchev–Trinajstić information content (AvgIpc) is 2.73. The Bertz CT molecular complexity index is 449. The highest BCUT2D eigenvalue weighted by Crippen LogP contribution is 2.19. The second kappa shape index (κ2) is 5.14. The summed E-state index contributed by atoms with van der Waals surface area (Å²) in [5, 5.41) is 18.5. The number of carbonyl (C=O) groups excluding carboxylic acids is 1. The van der Waals surface area contributed by atoms with Crippen molar-refractivity contribution in [1.29, 1.82) is 0 Å².